The maximum Gasteiger partial charge on any atom is 0.264 e. The Morgan fingerprint density at radius 2 is 1.62 bits per heavy atom. The molecule has 0 aromatic heterocycles. The summed E-state index contributed by atoms with van der Waals surface area (Å²) >= 11 is 0. The number of hydrogen-bond acceptors (Lipinski definition) is 5. The third kappa shape index (κ3) is 5.20. The first-order valence-electron chi connectivity index (χ1n) is 8.82. The molecule has 0 aliphatic heterocycles. The zero-order valence-electron chi connectivity index (χ0n) is 17.1. The smallest absolute Gasteiger partial charge is 0.264 e. The van der Waals surface area contributed by atoms with Gasteiger partial charge in [-0.05, 0) is 43.2 Å². The second-order valence-corrected chi connectivity index (χ2v) is 8.54. The number of carbonyl (C=O) groups excluding carboxylic acids is 2. The topological polar surface area (TPSA) is 96.0 Å². The first kappa shape index (κ1) is 22.5. The van der Waals surface area contributed by atoms with Crippen LogP contribution in [0.25, 0.3) is 0 Å². The summed E-state index contributed by atoms with van der Waals surface area (Å²) in [5.41, 5.74) is 2.71. The van der Waals surface area contributed by atoms with Crippen molar-refractivity contribution in [2.45, 2.75) is 18.7 Å². The minimum atomic E-state index is -3.88. The van der Waals surface area contributed by atoms with E-state index in [1.54, 1.807) is 0 Å². The standard InChI is InChI=1S/C20H25N3O5S/c1-14-8-6-9-15(2)19(14)21-18(24)13-22(3)20(25)16-10-7-11-17(12-16)29(26,27)23(4)28-5/h6-12H,13H2,1-5H3,(H,21,24). The van der Waals surface area contributed by atoms with Crippen molar-refractivity contribution in [1.82, 2.24) is 9.37 Å². The molecule has 0 saturated heterocycles. The van der Waals surface area contributed by atoms with Gasteiger partial charge in [0, 0.05) is 25.3 Å². The number of likely N-dealkylation sites (N-methyl/N-ethyl adjacent to an activating group) is 1. The largest absolute Gasteiger partial charge is 0.332 e. The zero-order valence-corrected chi connectivity index (χ0v) is 17.9. The number of rotatable bonds is 7. The van der Waals surface area contributed by atoms with E-state index in [1.807, 2.05) is 32.0 Å². The number of anilines is 1. The van der Waals surface area contributed by atoms with E-state index >= 15 is 0 Å². The molecule has 0 bridgehead atoms. The Kier molecular flexibility index (Phi) is 7.12. The van der Waals surface area contributed by atoms with Gasteiger partial charge in [-0.15, -0.1) is 0 Å². The highest BCUT2D eigenvalue weighted by Gasteiger charge is 2.23. The highest BCUT2D eigenvalue weighted by molar-refractivity contribution is 7.89. The summed E-state index contributed by atoms with van der Waals surface area (Å²) in [5, 5.41) is 2.82. The lowest BCUT2D eigenvalue weighted by Gasteiger charge is -2.19. The van der Waals surface area contributed by atoms with Gasteiger partial charge in [-0.2, -0.15) is 0 Å². The maximum absolute atomic E-state index is 12.7. The van der Waals surface area contributed by atoms with E-state index in [9.17, 15) is 18.0 Å². The molecule has 0 aliphatic carbocycles. The van der Waals surface area contributed by atoms with Gasteiger partial charge in [0.05, 0.1) is 18.6 Å². The van der Waals surface area contributed by atoms with Crippen molar-refractivity contribution in [1.29, 1.82) is 0 Å². The normalized spacial score (nSPS) is 11.4. The number of carbonyl (C=O) groups is 2. The predicted octanol–water partition coefficient (Wildman–Crippen LogP) is 2.20. The molecule has 0 saturated carbocycles. The fourth-order valence-electron chi connectivity index (χ4n) is 2.73. The first-order chi connectivity index (χ1) is 13.6. The monoisotopic (exact) mass is 419 g/mol. The van der Waals surface area contributed by atoms with E-state index in [0.29, 0.717) is 10.2 Å². The molecular formula is C20H25N3O5S. The summed E-state index contributed by atoms with van der Waals surface area (Å²) in [4.78, 5) is 31.0. The van der Waals surface area contributed by atoms with Gasteiger partial charge < -0.3 is 10.2 Å². The SMILES string of the molecule is CON(C)S(=O)(=O)c1cccc(C(=O)N(C)CC(=O)Nc2c(C)cccc2C)c1. The Hall–Kier alpha value is -2.75. The number of hydrogen-bond donors (Lipinski definition) is 1. The third-order valence-corrected chi connectivity index (χ3v) is 6.12. The summed E-state index contributed by atoms with van der Waals surface area (Å²) in [6, 6.07) is 11.3. The zero-order chi connectivity index (χ0) is 21.8. The number of benzene rings is 2. The van der Waals surface area contributed by atoms with Crippen molar-refractivity contribution >= 4 is 27.5 Å². The highest BCUT2D eigenvalue weighted by atomic mass is 32.2. The minimum absolute atomic E-state index is 0.0823. The van der Waals surface area contributed by atoms with Gasteiger partial charge in [0.2, 0.25) is 5.91 Å². The average Bonchev–Trinajstić information content (AvgIpc) is 2.69. The summed E-state index contributed by atoms with van der Waals surface area (Å²) < 4.78 is 25.4. The lowest BCUT2D eigenvalue weighted by Crippen LogP contribution is -2.35. The predicted molar refractivity (Wildman–Crippen MR) is 110 cm³/mol. The fourth-order valence-corrected chi connectivity index (χ4v) is 3.75. The average molecular weight is 420 g/mol. The van der Waals surface area contributed by atoms with Crippen LogP contribution in [0, 0.1) is 13.8 Å². The van der Waals surface area contributed by atoms with Crippen molar-refractivity contribution in [3.63, 3.8) is 0 Å². The van der Waals surface area contributed by atoms with E-state index in [-0.39, 0.29) is 22.9 Å². The fraction of sp³-hybridized carbons (Fsp3) is 0.300. The number of amides is 2. The number of hydroxylamine groups is 1. The molecule has 2 rings (SSSR count). The number of nitrogens with zero attached hydrogens (tertiary/aromatic N) is 2. The van der Waals surface area contributed by atoms with Crippen molar-refractivity contribution in [2.24, 2.45) is 0 Å². The molecule has 9 heteroatoms. The van der Waals surface area contributed by atoms with Crippen molar-refractivity contribution in [3.8, 4) is 0 Å². The van der Waals surface area contributed by atoms with Crippen LogP contribution in [0.4, 0.5) is 5.69 Å². The van der Waals surface area contributed by atoms with Gasteiger partial charge in [-0.1, -0.05) is 28.7 Å². The minimum Gasteiger partial charge on any atom is -0.332 e. The molecule has 2 aromatic carbocycles. The van der Waals surface area contributed by atoms with E-state index in [0.717, 1.165) is 11.1 Å². The number of nitrogens with one attached hydrogen (secondary N) is 1. The van der Waals surface area contributed by atoms with Crippen LogP contribution in [0.5, 0.6) is 0 Å². The van der Waals surface area contributed by atoms with Gasteiger partial charge in [0.25, 0.3) is 15.9 Å². The van der Waals surface area contributed by atoms with Crippen LogP contribution in [0.2, 0.25) is 0 Å². The van der Waals surface area contributed by atoms with Crippen LogP contribution in [0.3, 0.4) is 0 Å². The van der Waals surface area contributed by atoms with Crippen molar-refractivity contribution in [3.05, 3.63) is 59.2 Å². The second-order valence-electron chi connectivity index (χ2n) is 6.60. The molecular weight excluding hydrogens is 394 g/mol. The quantitative estimate of drug-likeness (QED) is 0.694. The summed E-state index contributed by atoms with van der Waals surface area (Å²) in [6.07, 6.45) is 0. The van der Waals surface area contributed by atoms with Crippen molar-refractivity contribution in [2.75, 3.05) is 33.1 Å². The molecule has 0 fully saturated rings. The van der Waals surface area contributed by atoms with Gasteiger partial charge in [-0.25, -0.2) is 8.42 Å². The van der Waals surface area contributed by atoms with E-state index in [4.69, 9.17) is 4.84 Å². The molecule has 1 N–H and O–H groups in total. The van der Waals surface area contributed by atoms with Crippen LogP contribution in [0.15, 0.2) is 47.4 Å². The van der Waals surface area contributed by atoms with E-state index in [2.05, 4.69) is 5.32 Å². The van der Waals surface area contributed by atoms with Crippen LogP contribution in [-0.2, 0) is 19.7 Å². The molecule has 2 aromatic rings. The van der Waals surface area contributed by atoms with Gasteiger partial charge in [-0.3, -0.25) is 14.4 Å². The molecule has 0 radical (unpaired) electrons. The van der Waals surface area contributed by atoms with Crippen molar-refractivity contribution < 1.29 is 22.8 Å². The molecule has 0 aliphatic rings. The third-order valence-electron chi connectivity index (χ3n) is 4.45. The van der Waals surface area contributed by atoms with Gasteiger partial charge in [0.15, 0.2) is 0 Å². The second kappa shape index (κ2) is 9.17. The summed E-state index contributed by atoms with van der Waals surface area (Å²) in [6.45, 7) is 3.60. The Morgan fingerprint density at radius 3 is 2.21 bits per heavy atom. The van der Waals surface area contributed by atoms with Crippen LogP contribution >= 0.6 is 0 Å². The molecule has 0 atom stereocenters. The molecule has 8 nitrogen and oxygen atoms in total. The molecule has 0 unspecified atom stereocenters. The van der Waals surface area contributed by atoms with Crippen LogP contribution < -0.4 is 5.32 Å². The van der Waals surface area contributed by atoms with Gasteiger partial charge >= 0.3 is 0 Å². The lowest BCUT2D eigenvalue weighted by atomic mass is 10.1. The lowest BCUT2D eigenvalue weighted by molar-refractivity contribution is -0.116. The summed E-state index contributed by atoms with van der Waals surface area (Å²) in [5.74, 6) is -0.820. The highest BCUT2D eigenvalue weighted by Crippen LogP contribution is 2.20. The van der Waals surface area contributed by atoms with Gasteiger partial charge in [0.1, 0.15) is 0 Å². The molecule has 0 heterocycles. The van der Waals surface area contributed by atoms with E-state index < -0.39 is 15.9 Å². The Bertz CT molecular complexity index is 1000. The number of sulfonamides is 1. The number of para-hydroxylation sites is 1. The molecule has 0 spiro atoms. The number of aryl methyl sites for hydroxylation is 2. The summed E-state index contributed by atoms with van der Waals surface area (Å²) in [7, 11) is 0.0873. The molecule has 156 valence electrons. The van der Waals surface area contributed by atoms with E-state index in [1.165, 1.54) is 50.4 Å². The van der Waals surface area contributed by atoms with Crippen LogP contribution in [0.1, 0.15) is 21.5 Å². The molecule has 2 amide bonds. The Labute approximate surface area is 171 Å². The van der Waals surface area contributed by atoms with Crippen LogP contribution in [-0.4, -0.2) is 57.4 Å². The Morgan fingerprint density at radius 1 is 1.03 bits per heavy atom. The first-order valence-corrected chi connectivity index (χ1v) is 10.3. The maximum atomic E-state index is 12.7. The Balaban J connectivity index is 2.14. The molecule has 29 heavy (non-hydrogen) atoms.